The van der Waals surface area contributed by atoms with Gasteiger partial charge in [-0.1, -0.05) is 6.92 Å². The van der Waals surface area contributed by atoms with Crippen molar-refractivity contribution in [1.29, 1.82) is 0 Å². The zero-order valence-electron chi connectivity index (χ0n) is 13.2. The van der Waals surface area contributed by atoms with Crippen molar-refractivity contribution in [3.8, 4) is 0 Å². The lowest BCUT2D eigenvalue weighted by Crippen LogP contribution is -2.36. The second kappa shape index (κ2) is 7.95. The minimum atomic E-state index is -2.05. The molecule has 122 valence electrons. The largest absolute Gasteiger partial charge is 0.444 e. The van der Waals surface area contributed by atoms with Crippen molar-refractivity contribution in [2.24, 2.45) is 5.92 Å². The quantitative estimate of drug-likeness (QED) is 0.696. The molecule has 0 radical (unpaired) electrons. The average molecular weight is 319 g/mol. The van der Waals surface area contributed by atoms with E-state index < -0.39 is 19.7 Å². The second-order valence-electron chi connectivity index (χ2n) is 6.32. The summed E-state index contributed by atoms with van der Waals surface area (Å²) in [6, 6.07) is 0. The van der Waals surface area contributed by atoms with E-state index in [1.165, 1.54) is 0 Å². The van der Waals surface area contributed by atoms with Gasteiger partial charge in [0.05, 0.1) is 12.6 Å². The Morgan fingerprint density at radius 1 is 1.33 bits per heavy atom. The third-order valence-corrected chi connectivity index (χ3v) is 4.12. The highest BCUT2D eigenvalue weighted by molar-refractivity contribution is 7.39. The van der Waals surface area contributed by atoms with Crippen LogP contribution in [-0.4, -0.2) is 36.3 Å². The normalized spacial score (nSPS) is 17.9. The molecule has 0 heterocycles. The lowest BCUT2D eigenvalue weighted by atomic mass is 10.1. The van der Waals surface area contributed by atoms with Crippen LogP contribution in [0.3, 0.4) is 0 Å². The topological polar surface area (TPSA) is 81.7 Å². The molecule has 1 aliphatic carbocycles. The number of rotatable bonds is 8. The monoisotopic (exact) mass is 319 g/mol. The molecule has 0 aromatic carbocycles. The first-order valence-corrected chi connectivity index (χ1v) is 8.91. The average Bonchev–Trinajstić information content (AvgIpc) is 3.17. The van der Waals surface area contributed by atoms with E-state index in [-0.39, 0.29) is 24.9 Å². The first-order valence-electron chi connectivity index (χ1n) is 7.39. The highest BCUT2D eigenvalue weighted by atomic mass is 31.1. The maximum Gasteiger partial charge on any atom is 0.408 e. The van der Waals surface area contributed by atoms with Gasteiger partial charge in [-0.05, 0) is 39.5 Å². The van der Waals surface area contributed by atoms with Crippen LogP contribution in [0.15, 0.2) is 0 Å². The Morgan fingerprint density at radius 2 is 1.95 bits per heavy atom. The van der Waals surface area contributed by atoms with E-state index in [1.54, 1.807) is 27.7 Å². The number of amides is 1. The van der Waals surface area contributed by atoms with Gasteiger partial charge in [-0.15, -0.1) is 0 Å². The minimum Gasteiger partial charge on any atom is -0.444 e. The van der Waals surface area contributed by atoms with Crippen LogP contribution in [-0.2, 0) is 18.6 Å². The van der Waals surface area contributed by atoms with Gasteiger partial charge in [0, 0.05) is 12.6 Å². The van der Waals surface area contributed by atoms with E-state index in [9.17, 15) is 14.2 Å². The number of Topliss-reactive ketones (excluding diaryl/α,β-unsaturated/α-hetero) is 1. The van der Waals surface area contributed by atoms with Crippen LogP contribution >= 0.6 is 8.03 Å². The molecule has 1 aliphatic rings. The van der Waals surface area contributed by atoms with Crippen molar-refractivity contribution < 1.29 is 23.4 Å². The van der Waals surface area contributed by atoms with Gasteiger partial charge in [0.25, 0.3) is 0 Å². The molecule has 0 bridgehead atoms. The van der Waals surface area contributed by atoms with Gasteiger partial charge in [0.2, 0.25) is 0 Å². The van der Waals surface area contributed by atoms with E-state index in [1.807, 2.05) is 0 Å². The van der Waals surface area contributed by atoms with Gasteiger partial charge in [0.15, 0.2) is 13.8 Å². The number of ketones is 1. The van der Waals surface area contributed by atoms with Crippen molar-refractivity contribution in [3.05, 3.63) is 0 Å². The molecule has 21 heavy (non-hydrogen) atoms. The summed E-state index contributed by atoms with van der Waals surface area (Å²) in [7, 11) is -2.05. The fourth-order valence-electron chi connectivity index (χ4n) is 1.81. The number of alkyl carbamates (subject to hydrolysis) is 1. The highest BCUT2D eigenvalue weighted by Crippen LogP contribution is 2.40. The van der Waals surface area contributed by atoms with Crippen LogP contribution in [0.5, 0.6) is 0 Å². The van der Waals surface area contributed by atoms with E-state index in [4.69, 9.17) is 9.26 Å². The molecule has 0 saturated heterocycles. The zero-order valence-corrected chi connectivity index (χ0v) is 14.2. The second-order valence-corrected chi connectivity index (χ2v) is 8.00. The predicted octanol–water partition coefficient (Wildman–Crippen LogP) is 2.76. The van der Waals surface area contributed by atoms with E-state index >= 15 is 0 Å². The summed E-state index contributed by atoms with van der Waals surface area (Å²) < 4.78 is 22.0. The maximum absolute atomic E-state index is 11.9. The number of hydrogen-bond donors (Lipinski definition) is 1. The number of carbonyl (C=O) groups excluding carboxylic acids is 2. The highest BCUT2D eigenvalue weighted by Gasteiger charge is 2.34. The summed E-state index contributed by atoms with van der Waals surface area (Å²) in [5.74, 6) is 0.194. The molecule has 0 spiro atoms. The first kappa shape index (κ1) is 18.2. The van der Waals surface area contributed by atoms with Crippen molar-refractivity contribution in [2.75, 3.05) is 12.7 Å². The number of ether oxygens (including phenoxy) is 1. The Hall–Kier alpha value is -0.870. The van der Waals surface area contributed by atoms with Gasteiger partial charge >= 0.3 is 6.09 Å². The van der Waals surface area contributed by atoms with Crippen LogP contribution in [0, 0.1) is 5.92 Å². The van der Waals surface area contributed by atoms with Crippen LogP contribution < -0.4 is 5.32 Å². The maximum atomic E-state index is 11.9. The Kier molecular flexibility index (Phi) is 6.88. The van der Waals surface area contributed by atoms with Gasteiger partial charge < -0.3 is 14.6 Å². The molecule has 1 N–H and O–H groups in total. The molecule has 0 aromatic rings. The van der Waals surface area contributed by atoms with Crippen molar-refractivity contribution >= 4 is 19.9 Å². The molecule has 1 amide bonds. The van der Waals surface area contributed by atoms with Crippen molar-refractivity contribution in [1.82, 2.24) is 5.32 Å². The molecule has 1 saturated carbocycles. The number of nitrogens with one attached hydrogen (secondary N) is 1. The Morgan fingerprint density at radius 3 is 2.43 bits per heavy atom. The molecule has 7 heteroatoms. The Bertz CT molecular complexity index is 401. The van der Waals surface area contributed by atoms with Crippen LogP contribution in [0.25, 0.3) is 0 Å². The van der Waals surface area contributed by atoms with Gasteiger partial charge in [-0.3, -0.25) is 9.36 Å². The molecule has 0 aliphatic heterocycles. The summed E-state index contributed by atoms with van der Waals surface area (Å²) in [5, 5.41) is 2.43. The minimum absolute atomic E-state index is 0.0887. The molecule has 2 atom stereocenters. The molecule has 1 fully saturated rings. The summed E-state index contributed by atoms with van der Waals surface area (Å²) >= 11 is 0. The van der Waals surface area contributed by atoms with E-state index in [0.29, 0.717) is 12.1 Å². The predicted molar refractivity (Wildman–Crippen MR) is 81.0 cm³/mol. The van der Waals surface area contributed by atoms with E-state index in [2.05, 4.69) is 5.32 Å². The molecular weight excluding hydrogens is 293 g/mol. The smallest absolute Gasteiger partial charge is 0.408 e. The molecule has 0 aromatic heterocycles. The fraction of sp³-hybridized carbons (Fsp3) is 0.857. The molecule has 6 nitrogen and oxygen atoms in total. The summed E-state index contributed by atoms with van der Waals surface area (Å²) in [4.78, 5) is 23.3. The van der Waals surface area contributed by atoms with Crippen molar-refractivity contribution in [2.45, 2.75) is 58.7 Å². The summed E-state index contributed by atoms with van der Waals surface area (Å²) in [6.07, 6.45) is 1.81. The molecular formula is C14H26NO5P. The van der Waals surface area contributed by atoms with Crippen LogP contribution in [0.1, 0.15) is 47.0 Å². The lowest BCUT2D eigenvalue weighted by Gasteiger charge is -2.20. The van der Waals surface area contributed by atoms with Gasteiger partial charge in [-0.2, -0.15) is 0 Å². The van der Waals surface area contributed by atoms with Crippen molar-refractivity contribution in [3.63, 3.8) is 0 Å². The summed E-state index contributed by atoms with van der Waals surface area (Å²) in [6.45, 7) is 6.99. The Balaban J connectivity index is 2.34. The van der Waals surface area contributed by atoms with Gasteiger partial charge in [0.1, 0.15) is 5.60 Å². The third-order valence-electron chi connectivity index (χ3n) is 2.98. The lowest BCUT2D eigenvalue weighted by molar-refractivity contribution is -0.120. The third kappa shape index (κ3) is 8.22. The zero-order chi connectivity index (χ0) is 16.0. The fourth-order valence-corrected chi connectivity index (χ4v) is 2.59. The first-order chi connectivity index (χ1) is 9.71. The van der Waals surface area contributed by atoms with Crippen LogP contribution in [0.4, 0.5) is 4.79 Å². The van der Waals surface area contributed by atoms with Gasteiger partial charge in [-0.25, -0.2) is 4.79 Å². The number of carbonyl (C=O) groups is 2. The Labute approximate surface area is 126 Å². The molecule has 1 rings (SSSR count). The molecule has 2 unspecified atom stereocenters. The SMILES string of the molecule is CC[PH](=O)OC(CC(=O)CNC(=O)OC(C)(C)C)C1CC1. The number of hydrogen-bond acceptors (Lipinski definition) is 5. The van der Waals surface area contributed by atoms with Crippen LogP contribution in [0.2, 0.25) is 0 Å². The standard InChI is InChI=1S/C14H26NO5P/c1-5-21(18)20-12(10-6-7-10)8-11(16)9-15-13(17)19-14(2,3)4/h10,12,21H,5-9H2,1-4H3,(H,15,17). The van der Waals surface area contributed by atoms with E-state index in [0.717, 1.165) is 12.8 Å². The summed E-state index contributed by atoms with van der Waals surface area (Å²) in [5.41, 5.74) is -0.589.